The number of benzene rings is 1. The van der Waals surface area contributed by atoms with Crippen LogP contribution >= 0.6 is 22.7 Å². The maximum absolute atomic E-state index is 12.6. The first-order valence-electron chi connectivity index (χ1n) is 9.51. The van der Waals surface area contributed by atoms with E-state index in [9.17, 15) is 9.59 Å². The third-order valence-corrected chi connectivity index (χ3v) is 6.89. The van der Waals surface area contributed by atoms with Crippen LogP contribution in [0.4, 0.5) is 5.69 Å². The molecule has 2 unspecified atom stereocenters. The Morgan fingerprint density at radius 2 is 1.90 bits per heavy atom. The van der Waals surface area contributed by atoms with E-state index in [0.717, 1.165) is 21.9 Å². The van der Waals surface area contributed by atoms with Crippen LogP contribution in [0.2, 0.25) is 0 Å². The van der Waals surface area contributed by atoms with Gasteiger partial charge in [0.15, 0.2) is 6.29 Å². The number of anilines is 1. The minimum Gasteiger partial charge on any atom is -0.322 e. The third-order valence-electron chi connectivity index (χ3n) is 4.58. The maximum Gasteiger partial charge on any atom is 0.267 e. The molecule has 0 aliphatic carbocycles. The van der Waals surface area contributed by atoms with Crippen LogP contribution < -0.4 is 16.4 Å². The lowest BCUT2D eigenvalue weighted by molar-refractivity contribution is 0.102. The lowest BCUT2D eigenvalue weighted by Gasteiger charge is -2.30. The Kier molecular flexibility index (Phi) is 6.77. The standard InChI is InChI=1S/C21H25N5O2S2/c1-12(22)19-24-10-17(30-19)18(28)25-15-7-5-6-14(8-15)21(3,4)26-13(2)20-23-9-16(11-27)29-20/h5-13,26H,22H2,1-4H3,(H,25,28). The first-order chi connectivity index (χ1) is 14.2. The van der Waals surface area contributed by atoms with Gasteiger partial charge in [0.25, 0.3) is 5.91 Å². The van der Waals surface area contributed by atoms with Gasteiger partial charge in [-0.25, -0.2) is 9.97 Å². The van der Waals surface area contributed by atoms with E-state index in [1.165, 1.54) is 22.7 Å². The quantitative estimate of drug-likeness (QED) is 0.449. The largest absolute Gasteiger partial charge is 0.322 e. The van der Waals surface area contributed by atoms with Crippen LogP contribution in [-0.4, -0.2) is 22.2 Å². The lowest BCUT2D eigenvalue weighted by Crippen LogP contribution is -2.38. The fourth-order valence-corrected chi connectivity index (χ4v) is 4.53. The zero-order valence-electron chi connectivity index (χ0n) is 17.3. The molecule has 2 heterocycles. The summed E-state index contributed by atoms with van der Waals surface area (Å²) in [6, 6.07) is 7.48. The van der Waals surface area contributed by atoms with Gasteiger partial charge in [-0.3, -0.25) is 14.9 Å². The predicted octanol–water partition coefficient (Wildman–Crippen LogP) is 4.27. The number of aldehydes is 1. The van der Waals surface area contributed by atoms with Gasteiger partial charge in [0.2, 0.25) is 0 Å². The number of rotatable bonds is 8. The Morgan fingerprint density at radius 1 is 1.17 bits per heavy atom. The Hall–Kier alpha value is -2.46. The molecule has 4 N–H and O–H groups in total. The van der Waals surface area contributed by atoms with Gasteiger partial charge >= 0.3 is 0 Å². The minimum atomic E-state index is -0.389. The van der Waals surface area contributed by atoms with Gasteiger partial charge in [-0.05, 0) is 45.4 Å². The van der Waals surface area contributed by atoms with Crippen molar-refractivity contribution in [3.05, 3.63) is 62.0 Å². The van der Waals surface area contributed by atoms with Gasteiger partial charge in [0.05, 0.1) is 23.2 Å². The minimum absolute atomic E-state index is 0.0363. The summed E-state index contributed by atoms with van der Waals surface area (Å²) < 4.78 is 0. The topological polar surface area (TPSA) is 110 Å². The number of hydrogen-bond donors (Lipinski definition) is 3. The second-order valence-corrected chi connectivity index (χ2v) is 9.75. The number of nitrogens with two attached hydrogens (primary N) is 1. The molecule has 0 saturated carbocycles. The molecule has 1 aromatic carbocycles. The third kappa shape index (κ3) is 5.17. The van der Waals surface area contributed by atoms with Gasteiger partial charge < -0.3 is 11.1 Å². The van der Waals surface area contributed by atoms with E-state index in [0.29, 0.717) is 15.4 Å². The summed E-state index contributed by atoms with van der Waals surface area (Å²) in [6.45, 7) is 7.99. The van der Waals surface area contributed by atoms with Crippen molar-refractivity contribution < 1.29 is 9.59 Å². The van der Waals surface area contributed by atoms with Gasteiger partial charge in [-0.1, -0.05) is 12.1 Å². The summed E-state index contributed by atoms with van der Waals surface area (Å²) in [7, 11) is 0. The SMILES string of the molecule is CC(N)c1ncc(C(=O)Nc2cccc(C(C)(C)NC(C)c3ncc(C=O)s3)c2)s1. The van der Waals surface area contributed by atoms with Crippen molar-refractivity contribution in [1.82, 2.24) is 15.3 Å². The Balaban J connectivity index is 1.72. The Morgan fingerprint density at radius 3 is 2.53 bits per heavy atom. The van der Waals surface area contributed by atoms with E-state index in [2.05, 4.69) is 34.4 Å². The molecule has 30 heavy (non-hydrogen) atoms. The predicted molar refractivity (Wildman–Crippen MR) is 121 cm³/mol. The van der Waals surface area contributed by atoms with E-state index in [4.69, 9.17) is 5.73 Å². The molecule has 0 saturated heterocycles. The van der Waals surface area contributed by atoms with Gasteiger partial charge in [-0.15, -0.1) is 22.7 Å². The van der Waals surface area contributed by atoms with Crippen LogP contribution in [-0.2, 0) is 5.54 Å². The number of nitrogens with one attached hydrogen (secondary N) is 2. The highest BCUT2D eigenvalue weighted by molar-refractivity contribution is 7.14. The summed E-state index contributed by atoms with van der Waals surface area (Å²) in [5, 5.41) is 8.07. The van der Waals surface area contributed by atoms with Crippen molar-refractivity contribution in [2.24, 2.45) is 5.73 Å². The first-order valence-corrected chi connectivity index (χ1v) is 11.1. The zero-order valence-corrected chi connectivity index (χ0v) is 18.9. The number of aromatic nitrogens is 2. The van der Waals surface area contributed by atoms with E-state index >= 15 is 0 Å². The number of hydrogen-bond acceptors (Lipinski definition) is 8. The molecule has 0 aliphatic heterocycles. The Labute approximate surface area is 183 Å². The smallest absolute Gasteiger partial charge is 0.267 e. The molecule has 0 spiro atoms. The van der Waals surface area contributed by atoms with Crippen LogP contribution in [0.15, 0.2) is 36.7 Å². The van der Waals surface area contributed by atoms with Crippen LogP contribution in [0.1, 0.15) is 74.7 Å². The molecular weight excluding hydrogens is 418 g/mol. The average molecular weight is 444 g/mol. The number of carbonyl (C=O) groups is 2. The summed E-state index contributed by atoms with van der Waals surface area (Å²) in [5.74, 6) is -0.208. The van der Waals surface area contributed by atoms with E-state index < -0.39 is 0 Å². The lowest BCUT2D eigenvalue weighted by atomic mass is 9.93. The molecule has 3 rings (SSSR count). The molecule has 2 aromatic heterocycles. The van der Waals surface area contributed by atoms with Crippen LogP contribution in [0.3, 0.4) is 0 Å². The van der Waals surface area contributed by atoms with Crippen molar-refractivity contribution in [3.8, 4) is 0 Å². The summed E-state index contributed by atoms with van der Waals surface area (Å²) in [6.07, 6.45) is 3.95. The average Bonchev–Trinajstić information content (AvgIpc) is 3.37. The molecule has 0 aliphatic rings. The molecule has 158 valence electrons. The second kappa shape index (κ2) is 9.13. The number of thiazole rings is 2. The molecule has 0 bridgehead atoms. The molecule has 2 atom stereocenters. The fraction of sp³-hybridized carbons (Fsp3) is 0.333. The van der Waals surface area contributed by atoms with Crippen molar-refractivity contribution >= 4 is 40.6 Å². The number of amides is 1. The van der Waals surface area contributed by atoms with E-state index in [1.807, 2.05) is 38.1 Å². The van der Waals surface area contributed by atoms with Crippen LogP contribution in [0.5, 0.6) is 0 Å². The van der Waals surface area contributed by atoms with E-state index in [1.54, 1.807) is 12.4 Å². The van der Waals surface area contributed by atoms with Crippen molar-refractivity contribution in [2.45, 2.75) is 45.3 Å². The first kappa shape index (κ1) is 22.2. The number of carbonyl (C=O) groups excluding carboxylic acids is 2. The van der Waals surface area contributed by atoms with Gasteiger partial charge in [0.1, 0.15) is 14.9 Å². The zero-order chi connectivity index (χ0) is 21.9. The Bertz CT molecular complexity index is 1040. The van der Waals surface area contributed by atoms with Gasteiger partial charge in [0, 0.05) is 17.4 Å². The van der Waals surface area contributed by atoms with Crippen molar-refractivity contribution in [1.29, 1.82) is 0 Å². The normalized spacial score (nSPS) is 13.6. The molecule has 7 nitrogen and oxygen atoms in total. The molecular formula is C21H25N5O2S2. The van der Waals surface area contributed by atoms with Gasteiger partial charge in [-0.2, -0.15) is 0 Å². The number of nitrogens with zero attached hydrogens (tertiary/aromatic N) is 2. The monoisotopic (exact) mass is 443 g/mol. The molecule has 0 fully saturated rings. The highest BCUT2D eigenvalue weighted by atomic mass is 32.1. The van der Waals surface area contributed by atoms with Crippen LogP contribution in [0.25, 0.3) is 0 Å². The highest BCUT2D eigenvalue weighted by Crippen LogP contribution is 2.28. The summed E-state index contributed by atoms with van der Waals surface area (Å²) in [4.78, 5) is 33.1. The summed E-state index contributed by atoms with van der Waals surface area (Å²) in [5.41, 5.74) is 7.15. The maximum atomic E-state index is 12.6. The molecule has 9 heteroatoms. The van der Waals surface area contributed by atoms with Crippen molar-refractivity contribution in [2.75, 3.05) is 5.32 Å². The van der Waals surface area contributed by atoms with Crippen LogP contribution in [0, 0.1) is 0 Å². The summed E-state index contributed by atoms with van der Waals surface area (Å²) >= 11 is 2.67. The molecule has 1 amide bonds. The molecule has 3 aromatic rings. The second-order valence-electron chi connectivity index (χ2n) is 7.60. The highest BCUT2D eigenvalue weighted by Gasteiger charge is 2.25. The van der Waals surface area contributed by atoms with E-state index in [-0.39, 0.29) is 23.5 Å². The molecule has 0 radical (unpaired) electrons. The fourth-order valence-electron chi connectivity index (χ4n) is 3.02. The van der Waals surface area contributed by atoms with Crippen molar-refractivity contribution in [3.63, 3.8) is 0 Å².